The Morgan fingerprint density at radius 3 is 2.65 bits per heavy atom. The van der Waals surface area contributed by atoms with E-state index in [9.17, 15) is 9.18 Å². The molecule has 3 rings (SSSR count). The van der Waals surface area contributed by atoms with Crippen LogP contribution < -0.4 is 4.74 Å². The molecule has 0 amide bonds. The Morgan fingerprint density at radius 1 is 1.19 bits per heavy atom. The Morgan fingerprint density at radius 2 is 1.96 bits per heavy atom. The van der Waals surface area contributed by atoms with Crippen LogP contribution in [0.1, 0.15) is 24.5 Å². The fourth-order valence-corrected chi connectivity index (χ4v) is 2.37. The highest BCUT2D eigenvalue weighted by Gasteiger charge is 2.19. The van der Waals surface area contributed by atoms with Crippen LogP contribution in [0.25, 0.3) is 11.5 Å². The highest BCUT2D eigenvalue weighted by molar-refractivity contribution is 5.72. The first-order valence-corrected chi connectivity index (χ1v) is 7.97. The molecule has 0 aliphatic heterocycles. The van der Waals surface area contributed by atoms with Crippen LogP contribution in [0, 0.1) is 5.82 Å². The maximum absolute atomic E-state index is 13.7. The van der Waals surface area contributed by atoms with Crippen LogP contribution in [0.3, 0.4) is 0 Å². The number of benzene rings is 2. The van der Waals surface area contributed by atoms with Gasteiger partial charge in [0, 0.05) is 5.56 Å². The van der Waals surface area contributed by atoms with E-state index in [4.69, 9.17) is 13.9 Å². The summed E-state index contributed by atoms with van der Waals surface area (Å²) in [5, 5.41) is 7.88. The first kappa shape index (κ1) is 17.6. The van der Waals surface area contributed by atoms with Crippen LogP contribution in [0.2, 0.25) is 0 Å². The van der Waals surface area contributed by atoms with E-state index in [0.717, 1.165) is 5.56 Å². The number of esters is 1. The number of ether oxygens (including phenoxy) is 2. The van der Waals surface area contributed by atoms with Crippen molar-refractivity contribution in [1.29, 1.82) is 0 Å². The molecule has 0 bridgehead atoms. The van der Waals surface area contributed by atoms with E-state index in [0.29, 0.717) is 11.5 Å². The van der Waals surface area contributed by atoms with Crippen molar-refractivity contribution < 1.29 is 23.1 Å². The zero-order chi connectivity index (χ0) is 18.5. The lowest BCUT2D eigenvalue weighted by molar-refractivity contribution is -0.148. The van der Waals surface area contributed by atoms with Crippen molar-refractivity contribution in [2.24, 2.45) is 0 Å². The summed E-state index contributed by atoms with van der Waals surface area (Å²) in [6, 6.07) is 13.6. The van der Waals surface area contributed by atoms with Gasteiger partial charge in [0.05, 0.1) is 13.5 Å². The van der Waals surface area contributed by atoms with E-state index < -0.39 is 17.9 Å². The molecule has 0 saturated carbocycles. The number of hydrogen-bond acceptors (Lipinski definition) is 6. The molecule has 0 fully saturated rings. The van der Waals surface area contributed by atoms with Crippen molar-refractivity contribution in [3.63, 3.8) is 0 Å². The monoisotopic (exact) mass is 356 g/mol. The maximum atomic E-state index is 13.7. The van der Waals surface area contributed by atoms with E-state index in [-0.39, 0.29) is 18.1 Å². The normalized spacial score (nSPS) is 11.8. The average molecular weight is 356 g/mol. The number of hydrogen-bond donors (Lipinski definition) is 0. The zero-order valence-corrected chi connectivity index (χ0v) is 14.3. The van der Waals surface area contributed by atoms with Crippen LogP contribution >= 0.6 is 0 Å². The van der Waals surface area contributed by atoms with Crippen molar-refractivity contribution in [3.05, 3.63) is 65.8 Å². The molecular weight excluding hydrogens is 339 g/mol. The predicted octanol–water partition coefficient (Wildman–Crippen LogP) is 3.73. The Kier molecular flexibility index (Phi) is 5.26. The van der Waals surface area contributed by atoms with Crippen LogP contribution in [-0.2, 0) is 16.0 Å². The molecule has 3 aromatic rings. The lowest BCUT2D eigenvalue weighted by Gasteiger charge is -2.10. The second-order valence-corrected chi connectivity index (χ2v) is 5.59. The number of rotatable bonds is 6. The van der Waals surface area contributed by atoms with Crippen LogP contribution in [0.5, 0.6) is 5.75 Å². The van der Waals surface area contributed by atoms with Gasteiger partial charge in [-0.25, -0.2) is 4.39 Å². The molecule has 6 nitrogen and oxygen atoms in total. The average Bonchev–Trinajstić information content (AvgIpc) is 3.13. The molecule has 26 heavy (non-hydrogen) atoms. The van der Waals surface area contributed by atoms with Crippen molar-refractivity contribution in [2.45, 2.75) is 19.4 Å². The number of carbonyl (C=O) groups is 1. The molecule has 0 spiro atoms. The summed E-state index contributed by atoms with van der Waals surface area (Å²) in [7, 11) is 1.38. The largest absolute Gasteiger partial charge is 0.494 e. The van der Waals surface area contributed by atoms with Crippen molar-refractivity contribution in [2.75, 3.05) is 7.11 Å². The summed E-state index contributed by atoms with van der Waals surface area (Å²) in [6.45, 7) is 1.63. The smallest absolute Gasteiger partial charge is 0.311 e. The fourth-order valence-electron chi connectivity index (χ4n) is 2.37. The minimum absolute atomic E-state index is 0.0784. The summed E-state index contributed by atoms with van der Waals surface area (Å²) in [5.74, 6) is -0.398. The summed E-state index contributed by atoms with van der Waals surface area (Å²) in [4.78, 5) is 12.1. The first-order valence-electron chi connectivity index (χ1n) is 7.97. The minimum Gasteiger partial charge on any atom is -0.494 e. The molecule has 2 aromatic carbocycles. The SMILES string of the molecule is COc1ccc(CC(=O)O[C@@H](C)c2nnc(-c3ccccc3)o2)cc1F. The highest BCUT2D eigenvalue weighted by Crippen LogP contribution is 2.23. The van der Waals surface area contributed by atoms with E-state index in [2.05, 4.69) is 10.2 Å². The molecule has 1 heterocycles. The molecule has 0 saturated heterocycles. The van der Waals surface area contributed by atoms with Gasteiger partial charge in [-0.05, 0) is 36.8 Å². The topological polar surface area (TPSA) is 74.5 Å². The second-order valence-electron chi connectivity index (χ2n) is 5.59. The summed E-state index contributed by atoms with van der Waals surface area (Å²) < 4.78 is 29.4. The van der Waals surface area contributed by atoms with Gasteiger partial charge < -0.3 is 13.9 Å². The lowest BCUT2D eigenvalue weighted by atomic mass is 10.1. The predicted molar refractivity (Wildman–Crippen MR) is 90.9 cm³/mol. The number of aromatic nitrogens is 2. The number of nitrogens with zero attached hydrogens (tertiary/aromatic N) is 2. The van der Waals surface area contributed by atoms with Crippen LogP contribution in [0.15, 0.2) is 52.9 Å². The third-order valence-corrected chi connectivity index (χ3v) is 3.68. The lowest BCUT2D eigenvalue weighted by Crippen LogP contribution is -2.12. The van der Waals surface area contributed by atoms with Gasteiger partial charge in [-0.2, -0.15) is 0 Å². The van der Waals surface area contributed by atoms with Gasteiger partial charge in [0.1, 0.15) is 0 Å². The Balaban J connectivity index is 1.63. The molecule has 134 valence electrons. The van der Waals surface area contributed by atoms with Gasteiger partial charge in [-0.1, -0.05) is 24.3 Å². The molecule has 7 heteroatoms. The van der Waals surface area contributed by atoms with E-state index in [1.54, 1.807) is 13.0 Å². The van der Waals surface area contributed by atoms with Crippen molar-refractivity contribution >= 4 is 5.97 Å². The molecule has 0 radical (unpaired) electrons. The summed E-state index contributed by atoms with van der Waals surface area (Å²) >= 11 is 0. The molecule has 1 aromatic heterocycles. The number of halogens is 1. The van der Waals surface area contributed by atoms with Crippen LogP contribution in [0.4, 0.5) is 4.39 Å². The number of methoxy groups -OCH3 is 1. The van der Waals surface area contributed by atoms with Gasteiger partial charge in [0.15, 0.2) is 17.7 Å². The van der Waals surface area contributed by atoms with Crippen molar-refractivity contribution in [1.82, 2.24) is 10.2 Å². The highest BCUT2D eigenvalue weighted by atomic mass is 19.1. The maximum Gasteiger partial charge on any atom is 0.311 e. The Hall–Kier alpha value is -3.22. The minimum atomic E-state index is -0.712. The quantitative estimate of drug-likeness (QED) is 0.627. The summed E-state index contributed by atoms with van der Waals surface area (Å²) in [6.07, 6.45) is -0.791. The van der Waals surface area contributed by atoms with E-state index in [1.165, 1.54) is 19.2 Å². The molecule has 0 aliphatic carbocycles. The second kappa shape index (κ2) is 7.77. The molecule has 1 atom stereocenters. The van der Waals surface area contributed by atoms with Gasteiger partial charge in [-0.3, -0.25) is 4.79 Å². The standard InChI is InChI=1S/C19H17FN2O4/c1-12(18-21-22-19(26-18)14-6-4-3-5-7-14)25-17(23)11-13-8-9-16(24-2)15(20)10-13/h3-10,12H,11H2,1-2H3/t12-/m0/s1. The molecule has 0 aliphatic rings. The van der Waals surface area contributed by atoms with Crippen LogP contribution in [-0.4, -0.2) is 23.3 Å². The Labute approximate surface area is 149 Å². The molecule has 0 N–H and O–H groups in total. The molecule has 0 unspecified atom stereocenters. The number of carbonyl (C=O) groups excluding carboxylic acids is 1. The first-order chi connectivity index (χ1) is 12.6. The fraction of sp³-hybridized carbons (Fsp3) is 0.211. The van der Waals surface area contributed by atoms with Gasteiger partial charge in [0.2, 0.25) is 5.89 Å². The Bertz CT molecular complexity index is 896. The third kappa shape index (κ3) is 4.05. The van der Waals surface area contributed by atoms with Crippen molar-refractivity contribution in [3.8, 4) is 17.2 Å². The van der Waals surface area contributed by atoms with Gasteiger partial charge in [-0.15, -0.1) is 10.2 Å². The third-order valence-electron chi connectivity index (χ3n) is 3.68. The molecular formula is C19H17FN2O4. The van der Waals surface area contributed by atoms with E-state index in [1.807, 2.05) is 30.3 Å². The zero-order valence-electron chi connectivity index (χ0n) is 14.3. The van der Waals surface area contributed by atoms with E-state index >= 15 is 0 Å². The van der Waals surface area contributed by atoms with Gasteiger partial charge in [0.25, 0.3) is 5.89 Å². The summed E-state index contributed by atoms with van der Waals surface area (Å²) in [5.41, 5.74) is 1.26. The van der Waals surface area contributed by atoms with Gasteiger partial charge >= 0.3 is 5.97 Å².